The van der Waals surface area contributed by atoms with Crippen LogP contribution in [0, 0.1) is 25.7 Å². The monoisotopic (exact) mass is 531 g/mol. The zero-order chi connectivity index (χ0) is 26.6. The van der Waals surface area contributed by atoms with Crippen LogP contribution < -0.4 is 9.64 Å². The van der Waals surface area contributed by atoms with Crippen LogP contribution in [0.1, 0.15) is 60.0 Å². The number of hydrogen-bond acceptors (Lipinski definition) is 5. The molecule has 7 nitrogen and oxygen atoms in total. The van der Waals surface area contributed by atoms with Crippen molar-refractivity contribution in [2.45, 2.75) is 52.9 Å². The van der Waals surface area contributed by atoms with Crippen molar-refractivity contribution in [2.24, 2.45) is 11.8 Å². The minimum absolute atomic E-state index is 0.182. The Morgan fingerprint density at radius 2 is 1.76 bits per heavy atom. The van der Waals surface area contributed by atoms with E-state index in [4.69, 9.17) is 26.3 Å². The second kappa shape index (κ2) is 9.77. The smallest absolute Gasteiger partial charge is 0.263 e. The molecule has 0 atom stereocenters. The first-order valence-electron chi connectivity index (χ1n) is 13.6. The molecule has 198 valence electrons. The summed E-state index contributed by atoms with van der Waals surface area (Å²) in [5, 5.41) is 0.355. The minimum Gasteiger partial charge on any atom is -0.496 e. The first kappa shape index (κ1) is 25.0. The van der Waals surface area contributed by atoms with Gasteiger partial charge in [-0.25, -0.2) is 4.98 Å². The van der Waals surface area contributed by atoms with Gasteiger partial charge in [0.1, 0.15) is 17.3 Å². The summed E-state index contributed by atoms with van der Waals surface area (Å²) in [4.78, 5) is 25.8. The van der Waals surface area contributed by atoms with Gasteiger partial charge in [0.05, 0.1) is 23.4 Å². The number of rotatable bonds is 9. The van der Waals surface area contributed by atoms with Crippen LogP contribution in [0.2, 0.25) is 5.02 Å². The Morgan fingerprint density at radius 3 is 2.34 bits per heavy atom. The van der Waals surface area contributed by atoms with Gasteiger partial charge in [-0.2, -0.15) is 0 Å². The van der Waals surface area contributed by atoms with Gasteiger partial charge in [0.15, 0.2) is 5.65 Å². The van der Waals surface area contributed by atoms with Crippen molar-refractivity contribution in [3.63, 3.8) is 0 Å². The SMILES string of the molecule is CCc1nc2c(-c3cc(Cl)c(C(=O)n4c(C)ccc4C)cc3OC)nccn2c1N(CC1CC1)CC1CC1. The summed E-state index contributed by atoms with van der Waals surface area (Å²) < 4.78 is 9.65. The van der Waals surface area contributed by atoms with E-state index < -0.39 is 0 Å². The molecule has 38 heavy (non-hydrogen) atoms. The zero-order valence-corrected chi connectivity index (χ0v) is 23.3. The fraction of sp³-hybridized carbons (Fsp3) is 0.433. The number of imidazole rings is 1. The topological polar surface area (TPSA) is 64.7 Å². The van der Waals surface area contributed by atoms with Crippen molar-refractivity contribution in [1.29, 1.82) is 0 Å². The van der Waals surface area contributed by atoms with E-state index >= 15 is 0 Å². The lowest BCUT2D eigenvalue weighted by atomic mass is 10.1. The summed E-state index contributed by atoms with van der Waals surface area (Å²) in [5.74, 6) is 3.10. The number of halogens is 1. The molecule has 2 aliphatic carbocycles. The Morgan fingerprint density at radius 1 is 1.11 bits per heavy atom. The Bertz CT molecular complexity index is 1500. The number of hydrogen-bond donors (Lipinski definition) is 0. The number of aryl methyl sites for hydroxylation is 3. The highest BCUT2D eigenvalue weighted by molar-refractivity contribution is 6.34. The molecule has 2 saturated carbocycles. The number of fused-ring (bicyclic) bond motifs is 1. The highest BCUT2D eigenvalue weighted by Gasteiger charge is 2.32. The van der Waals surface area contributed by atoms with E-state index in [2.05, 4.69) is 16.2 Å². The summed E-state index contributed by atoms with van der Waals surface area (Å²) in [6.07, 6.45) is 9.92. The third-order valence-electron chi connectivity index (χ3n) is 7.82. The van der Waals surface area contributed by atoms with E-state index in [0.717, 1.165) is 59.6 Å². The molecule has 0 N–H and O–H groups in total. The molecule has 0 spiro atoms. The summed E-state index contributed by atoms with van der Waals surface area (Å²) >= 11 is 6.77. The third-order valence-corrected chi connectivity index (χ3v) is 8.13. The Hall–Kier alpha value is -3.32. The second-order valence-corrected chi connectivity index (χ2v) is 11.2. The Labute approximate surface area is 228 Å². The Balaban J connectivity index is 1.46. The molecule has 0 amide bonds. The van der Waals surface area contributed by atoms with E-state index in [0.29, 0.717) is 22.0 Å². The van der Waals surface area contributed by atoms with Gasteiger partial charge in [-0.15, -0.1) is 0 Å². The fourth-order valence-electron chi connectivity index (χ4n) is 5.43. The quantitative estimate of drug-likeness (QED) is 0.251. The molecular weight excluding hydrogens is 498 g/mol. The van der Waals surface area contributed by atoms with Crippen LogP contribution in [0.25, 0.3) is 16.9 Å². The van der Waals surface area contributed by atoms with E-state index in [1.807, 2.05) is 38.4 Å². The van der Waals surface area contributed by atoms with Gasteiger partial charge in [0.2, 0.25) is 0 Å². The molecule has 2 fully saturated rings. The molecule has 4 aromatic rings. The number of aromatic nitrogens is 4. The summed E-state index contributed by atoms with van der Waals surface area (Å²) in [5.41, 5.74) is 5.37. The van der Waals surface area contributed by atoms with Gasteiger partial charge in [-0.1, -0.05) is 18.5 Å². The van der Waals surface area contributed by atoms with Gasteiger partial charge in [0.25, 0.3) is 5.91 Å². The van der Waals surface area contributed by atoms with Crippen LogP contribution in [0.4, 0.5) is 5.82 Å². The molecule has 3 heterocycles. The molecule has 0 saturated heterocycles. The van der Waals surface area contributed by atoms with Crippen LogP contribution in [-0.4, -0.2) is 45.0 Å². The first-order valence-corrected chi connectivity index (χ1v) is 14.0. The average Bonchev–Trinajstić information content (AvgIpc) is 3.84. The second-order valence-electron chi connectivity index (χ2n) is 10.8. The molecule has 6 rings (SSSR count). The van der Waals surface area contributed by atoms with Crippen molar-refractivity contribution < 1.29 is 9.53 Å². The standard InChI is InChI=1S/C30H34ClN5O2/c1-5-25-29(34(16-20-8-9-20)17-21-10-11-21)35-13-12-32-27(28(35)33-25)23-14-24(31)22(15-26(23)38-4)30(37)36-18(2)6-7-19(36)3/h6-7,12-15,20-21H,5,8-11,16-17H2,1-4H3. The predicted octanol–water partition coefficient (Wildman–Crippen LogP) is 6.35. The first-order chi connectivity index (χ1) is 18.4. The maximum absolute atomic E-state index is 13.4. The predicted molar refractivity (Wildman–Crippen MR) is 151 cm³/mol. The molecule has 1 aromatic carbocycles. The molecular formula is C30H34ClN5O2. The molecule has 0 aliphatic heterocycles. The van der Waals surface area contributed by atoms with Gasteiger partial charge < -0.3 is 9.64 Å². The zero-order valence-electron chi connectivity index (χ0n) is 22.5. The third kappa shape index (κ3) is 4.47. The lowest BCUT2D eigenvalue weighted by Crippen LogP contribution is -2.30. The number of anilines is 1. The molecule has 0 radical (unpaired) electrons. The van der Waals surface area contributed by atoms with E-state index in [1.165, 1.54) is 31.5 Å². The highest BCUT2D eigenvalue weighted by atomic mass is 35.5. The van der Waals surface area contributed by atoms with Crippen LogP contribution in [-0.2, 0) is 6.42 Å². The number of carbonyl (C=O) groups is 1. The van der Waals surface area contributed by atoms with Gasteiger partial charge in [-0.05, 0) is 82.1 Å². The fourth-order valence-corrected chi connectivity index (χ4v) is 5.67. The highest BCUT2D eigenvalue weighted by Crippen LogP contribution is 2.40. The molecule has 0 bridgehead atoms. The molecule has 2 aliphatic rings. The number of ether oxygens (including phenoxy) is 1. The largest absolute Gasteiger partial charge is 0.496 e. The normalized spacial score (nSPS) is 15.3. The summed E-state index contributed by atoms with van der Waals surface area (Å²) in [6, 6.07) is 7.36. The lowest BCUT2D eigenvalue weighted by Gasteiger charge is -2.25. The molecule has 0 unspecified atom stereocenters. The van der Waals surface area contributed by atoms with Crippen molar-refractivity contribution >= 4 is 29.0 Å². The molecule has 3 aromatic heterocycles. The minimum atomic E-state index is -0.182. The molecule has 8 heteroatoms. The van der Waals surface area contributed by atoms with Crippen molar-refractivity contribution in [3.8, 4) is 17.0 Å². The van der Waals surface area contributed by atoms with Gasteiger partial charge >= 0.3 is 0 Å². The van der Waals surface area contributed by atoms with Gasteiger partial charge in [0, 0.05) is 42.4 Å². The lowest BCUT2D eigenvalue weighted by molar-refractivity contribution is 0.0956. The van der Waals surface area contributed by atoms with Crippen LogP contribution >= 0.6 is 11.6 Å². The van der Waals surface area contributed by atoms with Crippen molar-refractivity contribution in [2.75, 3.05) is 25.1 Å². The number of carbonyl (C=O) groups excluding carboxylic acids is 1. The maximum atomic E-state index is 13.4. The average molecular weight is 532 g/mol. The summed E-state index contributed by atoms with van der Waals surface area (Å²) in [7, 11) is 1.61. The Kier molecular flexibility index (Phi) is 6.42. The van der Waals surface area contributed by atoms with Crippen LogP contribution in [0.3, 0.4) is 0 Å². The number of nitrogens with zero attached hydrogens (tertiary/aromatic N) is 5. The van der Waals surface area contributed by atoms with E-state index in [-0.39, 0.29) is 5.91 Å². The number of methoxy groups -OCH3 is 1. The van der Waals surface area contributed by atoms with E-state index in [1.54, 1.807) is 23.8 Å². The van der Waals surface area contributed by atoms with Crippen molar-refractivity contribution in [3.05, 3.63) is 64.3 Å². The van der Waals surface area contributed by atoms with Crippen LogP contribution in [0.15, 0.2) is 36.7 Å². The number of benzene rings is 1. The van der Waals surface area contributed by atoms with Crippen LogP contribution in [0.5, 0.6) is 5.75 Å². The maximum Gasteiger partial charge on any atom is 0.263 e. The summed E-state index contributed by atoms with van der Waals surface area (Å²) in [6.45, 7) is 8.14. The van der Waals surface area contributed by atoms with Gasteiger partial charge in [-0.3, -0.25) is 18.7 Å². The van der Waals surface area contributed by atoms with Crippen molar-refractivity contribution in [1.82, 2.24) is 18.9 Å². The van der Waals surface area contributed by atoms with E-state index in [9.17, 15) is 4.79 Å².